The summed E-state index contributed by atoms with van der Waals surface area (Å²) < 4.78 is 0. The van der Waals surface area contributed by atoms with E-state index < -0.39 is 5.54 Å². The fourth-order valence-corrected chi connectivity index (χ4v) is 3.94. The van der Waals surface area contributed by atoms with E-state index in [1.54, 1.807) is 0 Å². The van der Waals surface area contributed by atoms with Crippen molar-refractivity contribution in [3.05, 3.63) is 0 Å². The lowest BCUT2D eigenvalue weighted by Crippen LogP contribution is -2.61. The van der Waals surface area contributed by atoms with Crippen molar-refractivity contribution < 1.29 is 9.59 Å². The van der Waals surface area contributed by atoms with Crippen molar-refractivity contribution in [3.63, 3.8) is 0 Å². The maximum Gasteiger partial charge on any atom is 0.248 e. The predicted molar refractivity (Wildman–Crippen MR) is 72.5 cm³/mol. The number of carbonyl (C=O) groups is 2. The first-order valence-corrected chi connectivity index (χ1v) is 7.73. The van der Waals surface area contributed by atoms with Gasteiger partial charge >= 0.3 is 0 Å². The topological polar surface area (TPSA) is 49.4 Å². The Kier molecular flexibility index (Phi) is 3.27. The SMILES string of the molecule is CC1CC(N2CCC(=O)NC3(CCCCC3)C2=O)C1. The molecule has 0 aromatic heterocycles. The normalized spacial score (nSPS) is 34.7. The third-order valence-corrected chi connectivity index (χ3v) is 5.13. The van der Waals surface area contributed by atoms with Crippen LogP contribution in [0.3, 0.4) is 0 Å². The van der Waals surface area contributed by atoms with E-state index in [1.807, 2.05) is 4.90 Å². The van der Waals surface area contributed by atoms with Gasteiger partial charge in [-0.15, -0.1) is 0 Å². The molecule has 19 heavy (non-hydrogen) atoms. The van der Waals surface area contributed by atoms with Crippen LogP contribution < -0.4 is 5.32 Å². The summed E-state index contributed by atoms with van der Waals surface area (Å²) >= 11 is 0. The molecule has 2 aliphatic carbocycles. The van der Waals surface area contributed by atoms with Gasteiger partial charge in [0.25, 0.3) is 0 Å². The van der Waals surface area contributed by atoms with Crippen molar-refractivity contribution in [1.29, 1.82) is 0 Å². The van der Waals surface area contributed by atoms with Crippen molar-refractivity contribution in [2.75, 3.05) is 6.54 Å². The van der Waals surface area contributed by atoms with Crippen molar-refractivity contribution in [2.45, 2.75) is 69.9 Å². The van der Waals surface area contributed by atoms with Gasteiger partial charge in [0, 0.05) is 19.0 Å². The molecular formula is C15H24N2O2. The van der Waals surface area contributed by atoms with Crippen LogP contribution in [0.2, 0.25) is 0 Å². The standard InChI is InChI=1S/C15H24N2O2/c1-11-9-12(10-11)17-8-5-13(18)16-15(14(17)19)6-3-2-4-7-15/h11-12H,2-10H2,1H3,(H,16,18). The monoisotopic (exact) mass is 264 g/mol. The van der Waals surface area contributed by atoms with Gasteiger partial charge in [-0.2, -0.15) is 0 Å². The van der Waals surface area contributed by atoms with E-state index in [0.29, 0.717) is 19.0 Å². The molecule has 2 saturated carbocycles. The van der Waals surface area contributed by atoms with Gasteiger partial charge in [-0.25, -0.2) is 0 Å². The number of rotatable bonds is 1. The number of hydrogen-bond donors (Lipinski definition) is 1. The lowest BCUT2D eigenvalue weighted by atomic mass is 9.77. The first-order valence-electron chi connectivity index (χ1n) is 7.73. The Morgan fingerprint density at radius 2 is 1.84 bits per heavy atom. The van der Waals surface area contributed by atoms with Crippen molar-refractivity contribution in [1.82, 2.24) is 10.2 Å². The number of hydrogen-bond acceptors (Lipinski definition) is 2. The second-order valence-corrected chi connectivity index (χ2v) is 6.67. The Balaban J connectivity index is 1.82. The van der Waals surface area contributed by atoms with Gasteiger partial charge in [-0.1, -0.05) is 26.2 Å². The summed E-state index contributed by atoms with van der Waals surface area (Å²) in [6.07, 6.45) is 7.64. The van der Waals surface area contributed by atoms with Gasteiger partial charge in [-0.05, 0) is 31.6 Å². The van der Waals surface area contributed by atoms with Gasteiger partial charge < -0.3 is 10.2 Å². The van der Waals surface area contributed by atoms with Crippen molar-refractivity contribution in [3.8, 4) is 0 Å². The first kappa shape index (κ1) is 12.9. The predicted octanol–water partition coefficient (Wildman–Crippen LogP) is 1.84. The Morgan fingerprint density at radius 1 is 1.16 bits per heavy atom. The molecule has 0 radical (unpaired) electrons. The molecule has 0 aromatic carbocycles. The zero-order valence-corrected chi connectivity index (χ0v) is 11.8. The van der Waals surface area contributed by atoms with Crippen LogP contribution >= 0.6 is 0 Å². The molecule has 0 atom stereocenters. The summed E-state index contributed by atoms with van der Waals surface area (Å²) in [6.45, 7) is 2.85. The van der Waals surface area contributed by atoms with Crippen molar-refractivity contribution >= 4 is 11.8 Å². The lowest BCUT2D eigenvalue weighted by molar-refractivity contribution is -0.144. The van der Waals surface area contributed by atoms with Gasteiger partial charge in [0.1, 0.15) is 5.54 Å². The van der Waals surface area contributed by atoms with Gasteiger partial charge in [0.05, 0.1) is 0 Å². The second kappa shape index (κ2) is 4.80. The van der Waals surface area contributed by atoms with Crippen LogP contribution in [0.4, 0.5) is 0 Å². The van der Waals surface area contributed by atoms with Gasteiger partial charge in [0.2, 0.25) is 11.8 Å². The Morgan fingerprint density at radius 3 is 2.47 bits per heavy atom. The number of amides is 2. The van der Waals surface area contributed by atoms with E-state index in [2.05, 4.69) is 12.2 Å². The highest BCUT2D eigenvalue weighted by molar-refractivity contribution is 5.93. The van der Waals surface area contributed by atoms with Crippen LogP contribution in [0, 0.1) is 5.92 Å². The maximum atomic E-state index is 12.9. The zero-order valence-electron chi connectivity index (χ0n) is 11.8. The second-order valence-electron chi connectivity index (χ2n) is 6.67. The number of nitrogens with one attached hydrogen (secondary N) is 1. The summed E-state index contributed by atoms with van der Waals surface area (Å²) in [5.74, 6) is 0.993. The molecule has 1 saturated heterocycles. The molecule has 3 fully saturated rings. The highest BCUT2D eigenvalue weighted by Crippen LogP contribution is 2.37. The summed E-state index contributed by atoms with van der Waals surface area (Å²) in [5, 5.41) is 3.06. The molecule has 4 heteroatoms. The smallest absolute Gasteiger partial charge is 0.248 e. The summed E-state index contributed by atoms with van der Waals surface area (Å²) in [4.78, 5) is 26.9. The zero-order chi connectivity index (χ0) is 13.5. The minimum Gasteiger partial charge on any atom is -0.342 e. The lowest BCUT2D eigenvalue weighted by Gasteiger charge is -2.45. The van der Waals surface area contributed by atoms with Gasteiger partial charge in [-0.3, -0.25) is 9.59 Å². The van der Waals surface area contributed by atoms with Crippen LogP contribution in [-0.2, 0) is 9.59 Å². The first-order chi connectivity index (χ1) is 9.11. The molecule has 1 N–H and O–H groups in total. The highest BCUT2D eigenvalue weighted by Gasteiger charge is 2.48. The molecule has 1 spiro atoms. The quantitative estimate of drug-likeness (QED) is 0.785. The third kappa shape index (κ3) is 2.26. The van der Waals surface area contributed by atoms with Crippen LogP contribution in [0.1, 0.15) is 58.3 Å². The van der Waals surface area contributed by atoms with Crippen LogP contribution in [0.25, 0.3) is 0 Å². The molecule has 1 heterocycles. The molecule has 4 nitrogen and oxygen atoms in total. The highest BCUT2D eigenvalue weighted by atomic mass is 16.2. The van der Waals surface area contributed by atoms with E-state index in [1.165, 1.54) is 6.42 Å². The van der Waals surface area contributed by atoms with Crippen LogP contribution in [0.15, 0.2) is 0 Å². The number of nitrogens with zero attached hydrogens (tertiary/aromatic N) is 1. The molecule has 2 amide bonds. The average molecular weight is 264 g/mol. The fourth-order valence-electron chi connectivity index (χ4n) is 3.94. The maximum absolute atomic E-state index is 12.9. The van der Waals surface area contributed by atoms with Crippen LogP contribution in [0.5, 0.6) is 0 Å². The molecule has 3 rings (SSSR count). The Bertz CT molecular complexity index is 382. The average Bonchev–Trinajstić information content (AvgIpc) is 2.47. The molecule has 106 valence electrons. The third-order valence-electron chi connectivity index (χ3n) is 5.13. The molecule has 3 aliphatic rings. The fraction of sp³-hybridized carbons (Fsp3) is 0.867. The van der Waals surface area contributed by atoms with E-state index >= 15 is 0 Å². The molecule has 0 unspecified atom stereocenters. The summed E-state index contributed by atoms with van der Waals surface area (Å²) in [6, 6.07) is 0.383. The van der Waals surface area contributed by atoms with Gasteiger partial charge in [0.15, 0.2) is 0 Å². The van der Waals surface area contributed by atoms with E-state index in [4.69, 9.17) is 0 Å². The van der Waals surface area contributed by atoms with E-state index in [9.17, 15) is 9.59 Å². The molecule has 1 aliphatic heterocycles. The largest absolute Gasteiger partial charge is 0.342 e. The molecule has 0 aromatic rings. The summed E-state index contributed by atoms with van der Waals surface area (Å²) in [5.41, 5.74) is -0.565. The summed E-state index contributed by atoms with van der Waals surface area (Å²) in [7, 11) is 0. The molecule has 0 bridgehead atoms. The Labute approximate surface area is 114 Å². The van der Waals surface area contributed by atoms with E-state index in [0.717, 1.165) is 44.4 Å². The number of carbonyl (C=O) groups excluding carboxylic acids is 2. The molecular weight excluding hydrogens is 240 g/mol. The minimum atomic E-state index is -0.565. The minimum absolute atomic E-state index is 0.0603. The Hall–Kier alpha value is -1.06. The van der Waals surface area contributed by atoms with Crippen molar-refractivity contribution in [2.24, 2.45) is 5.92 Å². The van der Waals surface area contributed by atoms with Crippen LogP contribution in [-0.4, -0.2) is 34.8 Å². The van der Waals surface area contributed by atoms with E-state index in [-0.39, 0.29) is 11.8 Å².